The Balaban J connectivity index is 2.16. The van der Waals surface area contributed by atoms with E-state index in [1.165, 1.54) is 12.7 Å². The molecule has 1 heterocycles. The number of nitrogen functional groups attached to an aromatic ring is 1. The quantitative estimate of drug-likeness (QED) is 0.889. The molecule has 1 aromatic rings. The molecule has 0 aliphatic heterocycles. The lowest BCUT2D eigenvalue weighted by Gasteiger charge is -2.45. The van der Waals surface area contributed by atoms with Crippen molar-refractivity contribution in [2.75, 3.05) is 17.7 Å². The summed E-state index contributed by atoms with van der Waals surface area (Å²) in [6.45, 7) is 11.8. The van der Waals surface area contributed by atoms with Crippen LogP contribution in [0.2, 0.25) is 0 Å². The molecule has 0 atom stereocenters. The summed E-state index contributed by atoms with van der Waals surface area (Å²) in [4.78, 5) is 8.36. The molecule has 1 aliphatic carbocycles. The Morgan fingerprint density at radius 2 is 1.86 bits per heavy atom. The van der Waals surface area contributed by atoms with Gasteiger partial charge in [0.15, 0.2) is 5.82 Å². The van der Waals surface area contributed by atoms with Crippen LogP contribution in [0.4, 0.5) is 11.5 Å². The Labute approximate surface area is 127 Å². The summed E-state index contributed by atoms with van der Waals surface area (Å²) < 4.78 is 5.43. The molecule has 0 saturated heterocycles. The molecule has 2 rings (SSSR count). The van der Waals surface area contributed by atoms with E-state index in [1.807, 2.05) is 6.92 Å². The summed E-state index contributed by atoms with van der Waals surface area (Å²) in [5.74, 6) is 1.15. The highest BCUT2D eigenvalue weighted by Gasteiger charge is 2.38. The highest BCUT2D eigenvalue weighted by molar-refractivity contribution is 5.66. The molecule has 5 nitrogen and oxygen atoms in total. The fraction of sp³-hybridized carbons (Fsp3) is 0.750. The zero-order chi connectivity index (χ0) is 15.7. The van der Waals surface area contributed by atoms with E-state index in [4.69, 9.17) is 10.5 Å². The molecule has 5 heteroatoms. The summed E-state index contributed by atoms with van der Waals surface area (Å²) >= 11 is 0. The van der Waals surface area contributed by atoms with Crippen LogP contribution in [-0.2, 0) is 0 Å². The van der Waals surface area contributed by atoms with Gasteiger partial charge in [-0.05, 0) is 37.0 Å². The van der Waals surface area contributed by atoms with Crippen molar-refractivity contribution in [1.29, 1.82) is 0 Å². The molecular formula is C16H28N4O. The van der Waals surface area contributed by atoms with Crippen LogP contribution in [0.3, 0.4) is 0 Å². The molecule has 118 valence electrons. The van der Waals surface area contributed by atoms with Crippen molar-refractivity contribution in [2.45, 2.75) is 59.9 Å². The molecule has 0 amide bonds. The molecule has 0 unspecified atom stereocenters. The fourth-order valence-electron chi connectivity index (χ4n) is 3.89. The summed E-state index contributed by atoms with van der Waals surface area (Å²) in [6.07, 6.45) is 4.97. The van der Waals surface area contributed by atoms with Gasteiger partial charge in [-0.15, -0.1) is 0 Å². The monoisotopic (exact) mass is 292 g/mol. The molecule has 0 bridgehead atoms. The molecule has 1 fully saturated rings. The number of ether oxygens (including phenoxy) is 1. The first-order valence-electron chi connectivity index (χ1n) is 7.72. The van der Waals surface area contributed by atoms with Crippen molar-refractivity contribution in [3.05, 3.63) is 6.33 Å². The van der Waals surface area contributed by atoms with E-state index in [1.54, 1.807) is 0 Å². The van der Waals surface area contributed by atoms with Gasteiger partial charge < -0.3 is 15.8 Å². The minimum atomic E-state index is 0.323. The Bertz CT molecular complexity index is 483. The van der Waals surface area contributed by atoms with Crippen LogP contribution in [0.15, 0.2) is 6.33 Å². The SMILES string of the molecule is CCOc1ncnc(NC2CC(C)(C)CC(C)(C)C2)c1N. The number of hydrogen-bond acceptors (Lipinski definition) is 5. The van der Waals surface area contributed by atoms with Crippen LogP contribution in [0.5, 0.6) is 5.88 Å². The third-order valence-corrected chi connectivity index (χ3v) is 4.02. The van der Waals surface area contributed by atoms with Crippen molar-refractivity contribution < 1.29 is 4.74 Å². The van der Waals surface area contributed by atoms with Gasteiger partial charge in [-0.2, -0.15) is 4.98 Å². The highest BCUT2D eigenvalue weighted by atomic mass is 16.5. The van der Waals surface area contributed by atoms with Gasteiger partial charge in [-0.25, -0.2) is 4.98 Å². The third kappa shape index (κ3) is 3.99. The van der Waals surface area contributed by atoms with E-state index in [0.717, 1.165) is 12.8 Å². The molecule has 0 aromatic carbocycles. The topological polar surface area (TPSA) is 73.1 Å². The molecule has 3 N–H and O–H groups in total. The number of anilines is 2. The Morgan fingerprint density at radius 3 is 2.43 bits per heavy atom. The fourth-order valence-corrected chi connectivity index (χ4v) is 3.89. The van der Waals surface area contributed by atoms with Gasteiger partial charge >= 0.3 is 0 Å². The molecule has 1 saturated carbocycles. The molecule has 0 radical (unpaired) electrons. The number of nitrogens with one attached hydrogen (secondary N) is 1. The van der Waals surface area contributed by atoms with Crippen LogP contribution in [0.1, 0.15) is 53.9 Å². The predicted molar refractivity (Wildman–Crippen MR) is 86.4 cm³/mol. The first kappa shape index (κ1) is 15.9. The maximum atomic E-state index is 6.11. The lowest BCUT2D eigenvalue weighted by atomic mass is 9.63. The van der Waals surface area contributed by atoms with E-state index in [2.05, 4.69) is 43.0 Å². The Morgan fingerprint density at radius 1 is 1.24 bits per heavy atom. The number of nitrogens with zero attached hydrogens (tertiary/aromatic N) is 2. The van der Waals surface area contributed by atoms with Crippen LogP contribution >= 0.6 is 0 Å². The zero-order valence-corrected chi connectivity index (χ0v) is 13.9. The summed E-state index contributed by atoms with van der Waals surface area (Å²) in [6, 6.07) is 0.371. The second-order valence-electron chi connectivity index (χ2n) is 7.63. The molecular weight excluding hydrogens is 264 g/mol. The standard InChI is InChI=1S/C16H28N4O/c1-6-21-14-12(17)13(18-10-19-14)20-11-7-15(2,3)9-16(4,5)8-11/h10-11H,6-9,17H2,1-5H3,(H,18,19,20). The largest absolute Gasteiger partial charge is 0.476 e. The summed E-state index contributed by atoms with van der Waals surface area (Å²) in [5.41, 5.74) is 7.26. The maximum Gasteiger partial charge on any atom is 0.242 e. The average Bonchev–Trinajstić information content (AvgIpc) is 2.30. The van der Waals surface area contributed by atoms with Gasteiger partial charge in [0.1, 0.15) is 12.0 Å². The average molecular weight is 292 g/mol. The van der Waals surface area contributed by atoms with E-state index >= 15 is 0 Å². The van der Waals surface area contributed by atoms with Gasteiger partial charge in [0.2, 0.25) is 5.88 Å². The van der Waals surface area contributed by atoms with E-state index < -0.39 is 0 Å². The number of nitrogens with two attached hydrogens (primary N) is 1. The van der Waals surface area contributed by atoms with Crippen molar-refractivity contribution in [2.24, 2.45) is 10.8 Å². The molecule has 1 aromatic heterocycles. The second-order valence-corrected chi connectivity index (χ2v) is 7.63. The lowest BCUT2D eigenvalue weighted by molar-refractivity contribution is 0.105. The minimum absolute atomic E-state index is 0.323. The van der Waals surface area contributed by atoms with E-state index in [0.29, 0.717) is 40.9 Å². The van der Waals surface area contributed by atoms with Crippen molar-refractivity contribution in [3.63, 3.8) is 0 Å². The van der Waals surface area contributed by atoms with Gasteiger partial charge in [0.05, 0.1) is 6.61 Å². The second kappa shape index (κ2) is 5.70. The lowest BCUT2D eigenvalue weighted by Crippen LogP contribution is -2.40. The smallest absolute Gasteiger partial charge is 0.242 e. The van der Waals surface area contributed by atoms with Crippen LogP contribution in [0.25, 0.3) is 0 Å². The van der Waals surface area contributed by atoms with Gasteiger partial charge in [-0.1, -0.05) is 27.7 Å². The minimum Gasteiger partial charge on any atom is -0.476 e. The first-order chi connectivity index (χ1) is 9.72. The number of hydrogen-bond donors (Lipinski definition) is 2. The Kier molecular flexibility index (Phi) is 4.30. The zero-order valence-electron chi connectivity index (χ0n) is 13.9. The highest BCUT2D eigenvalue weighted by Crippen LogP contribution is 2.46. The number of aromatic nitrogens is 2. The van der Waals surface area contributed by atoms with Crippen molar-refractivity contribution in [3.8, 4) is 5.88 Å². The molecule has 21 heavy (non-hydrogen) atoms. The van der Waals surface area contributed by atoms with Crippen LogP contribution < -0.4 is 15.8 Å². The Hall–Kier alpha value is -1.52. The van der Waals surface area contributed by atoms with Crippen LogP contribution in [-0.4, -0.2) is 22.6 Å². The van der Waals surface area contributed by atoms with Gasteiger partial charge in [-0.3, -0.25) is 0 Å². The first-order valence-corrected chi connectivity index (χ1v) is 7.72. The van der Waals surface area contributed by atoms with Gasteiger partial charge in [0, 0.05) is 6.04 Å². The van der Waals surface area contributed by atoms with E-state index in [-0.39, 0.29) is 0 Å². The van der Waals surface area contributed by atoms with Crippen molar-refractivity contribution >= 4 is 11.5 Å². The molecule has 1 aliphatic rings. The van der Waals surface area contributed by atoms with Crippen molar-refractivity contribution in [1.82, 2.24) is 9.97 Å². The van der Waals surface area contributed by atoms with Gasteiger partial charge in [0.25, 0.3) is 0 Å². The third-order valence-electron chi connectivity index (χ3n) is 4.02. The van der Waals surface area contributed by atoms with E-state index in [9.17, 15) is 0 Å². The van der Waals surface area contributed by atoms with Crippen LogP contribution in [0, 0.1) is 10.8 Å². The maximum absolute atomic E-state index is 6.11. The summed E-state index contributed by atoms with van der Waals surface area (Å²) in [7, 11) is 0. The summed E-state index contributed by atoms with van der Waals surface area (Å²) in [5, 5.41) is 3.50. The normalized spacial score (nSPS) is 21.0. The number of rotatable bonds is 4. The predicted octanol–water partition coefficient (Wildman–Crippen LogP) is 3.47. The molecule has 0 spiro atoms.